The van der Waals surface area contributed by atoms with Gasteiger partial charge in [0.25, 0.3) is 0 Å². The first-order valence-electron chi connectivity index (χ1n) is 29.2. The molecule has 4 aromatic rings. The average molecular weight is 1040 g/mol. The highest BCUT2D eigenvalue weighted by molar-refractivity contribution is 5.70. The van der Waals surface area contributed by atoms with Crippen LogP contribution in [0.4, 0.5) is 0 Å². The molecular weight excluding hydrogens is 941 g/mol. The van der Waals surface area contributed by atoms with Crippen LogP contribution < -0.4 is 0 Å². The Kier molecular flexibility index (Phi) is 32.0. The van der Waals surface area contributed by atoms with Crippen molar-refractivity contribution < 1.29 is 47.5 Å². The van der Waals surface area contributed by atoms with Crippen molar-refractivity contribution in [1.82, 2.24) is 0 Å². The predicted octanol–water partition coefficient (Wildman–Crippen LogP) is 15.6. The molecule has 0 N–H and O–H groups in total. The van der Waals surface area contributed by atoms with Crippen molar-refractivity contribution in [3.63, 3.8) is 0 Å². The Bertz CT molecular complexity index is 2000. The highest BCUT2D eigenvalue weighted by Gasteiger charge is 2.55. The van der Waals surface area contributed by atoms with Gasteiger partial charge in [-0.15, -0.1) is 0 Å². The Morgan fingerprint density at radius 1 is 0.480 bits per heavy atom. The third-order valence-corrected chi connectivity index (χ3v) is 14.1. The maximum absolute atomic E-state index is 13.7. The summed E-state index contributed by atoms with van der Waals surface area (Å²) in [7, 11) is 0. The van der Waals surface area contributed by atoms with E-state index >= 15 is 0 Å². The first kappa shape index (κ1) is 61.4. The number of carbonyl (C=O) groups is 2. The van der Waals surface area contributed by atoms with Gasteiger partial charge in [-0.05, 0) is 35.1 Å². The number of esters is 2. The van der Waals surface area contributed by atoms with E-state index < -0.39 is 30.2 Å². The minimum Gasteiger partial charge on any atom is -0.462 e. The molecule has 1 saturated heterocycles. The van der Waals surface area contributed by atoms with E-state index in [2.05, 4.69) is 13.8 Å². The molecule has 1 unspecified atom stereocenters. The van der Waals surface area contributed by atoms with Crippen LogP contribution in [0.25, 0.3) is 0 Å². The zero-order chi connectivity index (χ0) is 52.7. The Morgan fingerprint density at radius 3 is 1.35 bits per heavy atom. The predicted molar refractivity (Wildman–Crippen MR) is 299 cm³/mol. The van der Waals surface area contributed by atoms with E-state index in [0.29, 0.717) is 13.0 Å². The zero-order valence-electron chi connectivity index (χ0n) is 46.1. The van der Waals surface area contributed by atoms with Crippen LogP contribution in [-0.2, 0) is 73.9 Å². The number of unbranched alkanes of at least 4 members (excludes halogenated alkanes) is 20. The highest BCUT2D eigenvalue weighted by atomic mass is 16.8. The van der Waals surface area contributed by atoms with Gasteiger partial charge in [-0.3, -0.25) is 9.59 Å². The Morgan fingerprint density at radius 2 is 0.880 bits per heavy atom. The smallest absolute Gasteiger partial charge is 0.306 e. The lowest BCUT2D eigenvalue weighted by atomic mass is 9.95. The van der Waals surface area contributed by atoms with Gasteiger partial charge in [0.1, 0.15) is 31.5 Å². The van der Waals surface area contributed by atoms with Gasteiger partial charge < -0.3 is 37.9 Å². The summed E-state index contributed by atoms with van der Waals surface area (Å²) < 4.78 is 53.1. The van der Waals surface area contributed by atoms with Gasteiger partial charge in [0.05, 0.1) is 39.6 Å². The van der Waals surface area contributed by atoms with Gasteiger partial charge in [-0.2, -0.15) is 0 Å². The number of carbonyl (C=O) groups excluding carboxylic acids is 2. The molecule has 1 heterocycles. The molecule has 0 bridgehead atoms. The molecule has 414 valence electrons. The maximum Gasteiger partial charge on any atom is 0.306 e. The standard InChI is InChI=1S/C65H94O10/c1-3-5-7-9-11-13-15-17-19-21-35-45-61(66)70-51-59(75-62(67)46-36-22-20-18-16-14-12-10-8-6-4-2)52-73-65(54-68-47-55-37-27-23-28-38-55)64(72-50-58-43-33-26-34-44-58)63(71-49-57-41-31-25-32-42-57)60(53-74-65)69-48-56-39-29-24-30-40-56/h23-34,37-44,59-60,63-64H,3-22,35-36,45-54H2,1-2H3/t59?,60-,63-,64+,65-/m1/s1. The third-order valence-electron chi connectivity index (χ3n) is 14.1. The quantitative estimate of drug-likeness (QED) is 0.0314. The molecule has 1 aliphatic rings. The lowest BCUT2D eigenvalue weighted by Crippen LogP contribution is -2.66. The zero-order valence-corrected chi connectivity index (χ0v) is 46.1. The maximum atomic E-state index is 13.7. The number of hydrogen-bond acceptors (Lipinski definition) is 10. The second-order valence-corrected chi connectivity index (χ2v) is 20.6. The lowest BCUT2D eigenvalue weighted by Gasteiger charge is -2.49. The van der Waals surface area contributed by atoms with Gasteiger partial charge in [-0.1, -0.05) is 264 Å². The molecule has 10 heteroatoms. The van der Waals surface area contributed by atoms with Crippen molar-refractivity contribution >= 4 is 11.9 Å². The molecule has 0 spiro atoms. The van der Waals surface area contributed by atoms with Crippen LogP contribution in [0.1, 0.15) is 190 Å². The number of benzene rings is 4. The van der Waals surface area contributed by atoms with Crippen LogP contribution in [0.15, 0.2) is 121 Å². The number of hydrogen-bond donors (Lipinski definition) is 0. The molecule has 1 aliphatic heterocycles. The number of rotatable bonds is 43. The van der Waals surface area contributed by atoms with Gasteiger partial charge in [0, 0.05) is 12.8 Å². The minimum absolute atomic E-state index is 0.0595. The average Bonchev–Trinajstić information content (AvgIpc) is 3.44. The molecule has 0 aliphatic carbocycles. The van der Waals surface area contributed by atoms with Crippen LogP contribution in [0.2, 0.25) is 0 Å². The van der Waals surface area contributed by atoms with E-state index in [-0.39, 0.29) is 64.6 Å². The SMILES string of the molecule is CCCCCCCCCCCCCC(=O)OCC(CO[C@]1(COCc2ccccc2)OC[C@@H](OCc2ccccc2)[C@@H](OCc2ccccc2)[C@@H]1OCc1ccccc1)OC(=O)CCCCCCCCCCCCC. The fourth-order valence-corrected chi connectivity index (χ4v) is 9.60. The van der Waals surface area contributed by atoms with E-state index in [4.69, 9.17) is 37.9 Å². The van der Waals surface area contributed by atoms with Gasteiger partial charge >= 0.3 is 11.9 Å². The monoisotopic (exact) mass is 1030 g/mol. The Hall–Kier alpha value is -4.42. The van der Waals surface area contributed by atoms with Crippen LogP contribution in [0.5, 0.6) is 0 Å². The Balaban J connectivity index is 1.32. The van der Waals surface area contributed by atoms with Gasteiger partial charge in [0.2, 0.25) is 5.79 Å². The van der Waals surface area contributed by atoms with Crippen molar-refractivity contribution in [2.45, 2.75) is 225 Å². The van der Waals surface area contributed by atoms with E-state index in [0.717, 1.165) is 60.8 Å². The number of ether oxygens (including phenoxy) is 8. The van der Waals surface area contributed by atoms with Crippen LogP contribution in [0, 0.1) is 0 Å². The Labute approximate surface area is 452 Å². The fraction of sp³-hybridized carbons (Fsp3) is 0.600. The van der Waals surface area contributed by atoms with Crippen molar-refractivity contribution in [3.8, 4) is 0 Å². The largest absolute Gasteiger partial charge is 0.462 e. The van der Waals surface area contributed by atoms with Crippen LogP contribution >= 0.6 is 0 Å². The molecule has 0 amide bonds. The van der Waals surface area contributed by atoms with Crippen molar-refractivity contribution in [2.24, 2.45) is 0 Å². The summed E-state index contributed by atoms with van der Waals surface area (Å²) >= 11 is 0. The molecule has 0 aromatic heterocycles. The second-order valence-electron chi connectivity index (χ2n) is 20.6. The van der Waals surface area contributed by atoms with Gasteiger partial charge in [0.15, 0.2) is 6.10 Å². The molecular formula is C65H94O10. The van der Waals surface area contributed by atoms with Crippen molar-refractivity contribution in [2.75, 3.05) is 26.4 Å². The first-order valence-corrected chi connectivity index (χ1v) is 29.2. The second kappa shape index (κ2) is 39.0. The van der Waals surface area contributed by atoms with Crippen LogP contribution in [0.3, 0.4) is 0 Å². The molecule has 0 radical (unpaired) electrons. The summed E-state index contributed by atoms with van der Waals surface area (Å²) in [5, 5.41) is 0. The molecule has 1 fully saturated rings. The molecule has 5 atom stereocenters. The molecule has 4 aromatic carbocycles. The lowest BCUT2D eigenvalue weighted by molar-refractivity contribution is -0.373. The molecule has 10 nitrogen and oxygen atoms in total. The molecule has 0 saturated carbocycles. The van der Waals surface area contributed by atoms with E-state index in [1.807, 2.05) is 121 Å². The van der Waals surface area contributed by atoms with Crippen molar-refractivity contribution in [3.05, 3.63) is 144 Å². The first-order chi connectivity index (χ1) is 37.0. The molecule has 5 rings (SSSR count). The highest BCUT2D eigenvalue weighted by Crippen LogP contribution is 2.36. The third kappa shape index (κ3) is 26.0. The van der Waals surface area contributed by atoms with Gasteiger partial charge in [-0.25, -0.2) is 0 Å². The normalized spacial score (nSPS) is 17.9. The van der Waals surface area contributed by atoms with Crippen molar-refractivity contribution in [1.29, 1.82) is 0 Å². The fourth-order valence-electron chi connectivity index (χ4n) is 9.60. The van der Waals surface area contributed by atoms with E-state index in [9.17, 15) is 9.59 Å². The summed E-state index contributed by atoms with van der Waals surface area (Å²) in [6.45, 7) is 5.30. The van der Waals surface area contributed by atoms with E-state index in [1.54, 1.807) is 0 Å². The summed E-state index contributed by atoms with van der Waals surface area (Å²) in [6, 6.07) is 39.9. The summed E-state index contributed by atoms with van der Waals surface area (Å²) in [5.41, 5.74) is 3.92. The topological polar surface area (TPSA) is 108 Å². The minimum atomic E-state index is -1.59. The van der Waals surface area contributed by atoms with Crippen LogP contribution in [-0.4, -0.2) is 68.6 Å². The molecule has 75 heavy (non-hydrogen) atoms. The summed E-state index contributed by atoms with van der Waals surface area (Å²) in [5.74, 6) is -2.25. The summed E-state index contributed by atoms with van der Waals surface area (Å²) in [4.78, 5) is 27.0. The van der Waals surface area contributed by atoms with E-state index in [1.165, 1.54) is 103 Å². The summed E-state index contributed by atoms with van der Waals surface area (Å²) in [6.07, 6.45) is 23.5.